The lowest BCUT2D eigenvalue weighted by Gasteiger charge is -2.10. The van der Waals surface area contributed by atoms with Gasteiger partial charge in [0.15, 0.2) is 5.16 Å². The van der Waals surface area contributed by atoms with E-state index >= 15 is 0 Å². The van der Waals surface area contributed by atoms with Crippen molar-refractivity contribution >= 4 is 34.1 Å². The Morgan fingerprint density at radius 3 is 2.74 bits per heavy atom. The molecular weight excluding hydrogens is 385 g/mol. The van der Waals surface area contributed by atoms with Crippen molar-refractivity contribution in [1.82, 2.24) is 19.7 Å². The van der Waals surface area contributed by atoms with Gasteiger partial charge in [-0.15, -0.1) is 10.2 Å². The fraction of sp³-hybridized carbons (Fsp3) is 0.333. The van der Waals surface area contributed by atoms with E-state index in [1.807, 2.05) is 6.26 Å². The highest BCUT2D eigenvalue weighted by Gasteiger charge is 2.19. The van der Waals surface area contributed by atoms with Gasteiger partial charge in [-0.05, 0) is 36.9 Å². The van der Waals surface area contributed by atoms with Crippen molar-refractivity contribution in [2.45, 2.75) is 37.8 Å². The number of hydrogen-bond acceptors (Lipinski definition) is 6. The largest absolute Gasteiger partial charge is 0.295 e. The number of nitrogens with one attached hydrogen (secondary N) is 1. The summed E-state index contributed by atoms with van der Waals surface area (Å²) in [5.41, 5.74) is 1.02. The van der Waals surface area contributed by atoms with Crippen LogP contribution in [0.15, 0.2) is 35.6 Å². The average molecular weight is 406 g/mol. The molecule has 0 fully saturated rings. The van der Waals surface area contributed by atoms with Gasteiger partial charge >= 0.3 is 0 Å². The number of hydrogen-bond donors (Lipinski definition) is 1. The Kier molecular flexibility index (Phi) is 6.57. The van der Waals surface area contributed by atoms with E-state index < -0.39 is 0 Å². The molecule has 0 aliphatic rings. The van der Waals surface area contributed by atoms with Crippen LogP contribution in [-0.2, 0) is 6.42 Å². The molecule has 6 nitrogen and oxygen atoms in total. The molecule has 0 atom stereocenters. The summed E-state index contributed by atoms with van der Waals surface area (Å²) in [4.78, 5) is 17.0. The van der Waals surface area contributed by atoms with Crippen LogP contribution in [0.5, 0.6) is 0 Å². The number of aromatic nitrogens is 4. The van der Waals surface area contributed by atoms with Crippen LogP contribution >= 0.6 is 23.1 Å². The summed E-state index contributed by atoms with van der Waals surface area (Å²) in [6, 6.07) is 5.94. The molecule has 1 N–H and O–H groups in total. The van der Waals surface area contributed by atoms with Crippen LogP contribution in [-0.4, -0.2) is 31.9 Å². The fourth-order valence-corrected chi connectivity index (χ4v) is 3.89. The standard InChI is InChI=1S/C18H20FN5OS2/c1-3-4-5-6-15-22-23-17(27-15)21-16(25)14-11-20-18(26-2)24(14)13-9-7-12(19)8-10-13/h7-11H,3-6H2,1-2H3,(H,21,23,25). The van der Waals surface area contributed by atoms with E-state index in [1.54, 1.807) is 16.7 Å². The van der Waals surface area contributed by atoms with Gasteiger partial charge in [0.1, 0.15) is 16.5 Å². The van der Waals surface area contributed by atoms with Gasteiger partial charge in [-0.2, -0.15) is 0 Å². The van der Waals surface area contributed by atoms with E-state index in [-0.39, 0.29) is 11.7 Å². The third-order valence-electron chi connectivity index (χ3n) is 3.91. The van der Waals surface area contributed by atoms with Crippen LogP contribution in [0.25, 0.3) is 5.69 Å². The smallest absolute Gasteiger partial charge is 0.276 e. The van der Waals surface area contributed by atoms with Gasteiger partial charge in [0.05, 0.1) is 6.20 Å². The maximum absolute atomic E-state index is 13.2. The van der Waals surface area contributed by atoms with Crippen LogP contribution in [0.4, 0.5) is 9.52 Å². The van der Waals surface area contributed by atoms with Gasteiger partial charge < -0.3 is 0 Å². The molecular formula is C18H20FN5OS2. The molecule has 9 heteroatoms. The first kappa shape index (κ1) is 19.5. The van der Waals surface area contributed by atoms with Crippen LogP contribution in [0.1, 0.15) is 41.7 Å². The Balaban J connectivity index is 1.79. The summed E-state index contributed by atoms with van der Waals surface area (Å²) in [6.45, 7) is 2.15. The topological polar surface area (TPSA) is 72.7 Å². The number of nitrogens with zero attached hydrogens (tertiary/aromatic N) is 4. The number of rotatable bonds is 8. The quantitative estimate of drug-likeness (QED) is 0.439. The normalized spacial score (nSPS) is 10.9. The predicted molar refractivity (Wildman–Crippen MR) is 106 cm³/mol. The number of imidazole rings is 1. The predicted octanol–water partition coefficient (Wildman–Crippen LogP) is 4.57. The number of carbonyl (C=O) groups is 1. The van der Waals surface area contributed by atoms with Crippen LogP contribution in [0, 0.1) is 5.82 Å². The molecule has 3 rings (SSSR count). The number of amides is 1. The van der Waals surface area contributed by atoms with Gasteiger partial charge in [0.2, 0.25) is 5.13 Å². The number of aryl methyl sites for hydroxylation is 1. The van der Waals surface area contributed by atoms with Crippen molar-refractivity contribution in [2.24, 2.45) is 0 Å². The lowest BCUT2D eigenvalue weighted by molar-refractivity contribution is 0.102. The number of benzene rings is 1. The molecule has 0 bridgehead atoms. The SMILES string of the molecule is CCCCCc1nnc(NC(=O)c2cnc(SC)n2-c2ccc(F)cc2)s1. The number of anilines is 1. The van der Waals surface area contributed by atoms with Crippen molar-refractivity contribution in [2.75, 3.05) is 11.6 Å². The molecule has 0 radical (unpaired) electrons. The third kappa shape index (κ3) is 4.72. The second kappa shape index (κ2) is 9.09. The lowest BCUT2D eigenvalue weighted by atomic mass is 10.2. The average Bonchev–Trinajstić information content (AvgIpc) is 3.29. The molecule has 0 aliphatic carbocycles. The van der Waals surface area contributed by atoms with Crippen molar-refractivity contribution in [3.63, 3.8) is 0 Å². The molecule has 0 aliphatic heterocycles. The zero-order chi connectivity index (χ0) is 19.2. The van der Waals surface area contributed by atoms with E-state index in [0.29, 0.717) is 21.7 Å². The number of halogens is 1. The molecule has 3 aromatic rings. The van der Waals surface area contributed by atoms with Crippen LogP contribution in [0.3, 0.4) is 0 Å². The van der Waals surface area contributed by atoms with Crippen molar-refractivity contribution in [3.05, 3.63) is 47.0 Å². The summed E-state index contributed by atoms with van der Waals surface area (Å²) in [7, 11) is 0. The van der Waals surface area contributed by atoms with E-state index in [0.717, 1.165) is 30.7 Å². The zero-order valence-electron chi connectivity index (χ0n) is 15.1. The fourth-order valence-electron chi connectivity index (χ4n) is 2.57. The summed E-state index contributed by atoms with van der Waals surface area (Å²) in [5.74, 6) is -0.664. The molecule has 27 heavy (non-hydrogen) atoms. The highest BCUT2D eigenvalue weighted by atomic mass is 32.2. The minimum Gasteiger partial charge on any atom is -0.295 e. The Hall–Kier alpha value is -2.26. The highest BCUT2D eigenvalue weighted by Crippen LogP contribution is 2.24. The molecule has 142 valence electrons. The first-order valence-electron chi connectivity index (χ1n) is 8.63. The van der Waals surface area contributed by atoms with Gasteiger partial charge in [0, 0.05) is 12.1 Å². The van der Waals surface area contributed by atoms with E-state index in [1.165, 1.54) is 41.4 Å². The van der Waals surface area contributed by atoms with Crippen molar-refractivity contribution < 1.29 is 9.18 Å². The molecule has 1 amide bonds. The number of thioether (sulfide) groups is 1. The van der Waals surface area contributed by atoms with Crippen LogP contribution in [0.2, 0.25) is 0 Å². The van der Waals surface area contributed by atoms with Gasteiger partial charge in [-0.25, -0.2) is 9.37 Å². The zero-order valence-corrected chi connectivity index (χ0v) is 16.7. The van der Waals surface area contributed by atoms with Crippen molar-refractivity contribution in [1.29, 1.82) is 0 Å². The van der Waals surface area contributed by atoms with Crippen LogP contribution < -0.4 is 5.32 Å². The Labute approximate surface area is 165 Å². The maximum Gasteiger partial charge on any atom is 0.276 e. The molecule has 0 saturated heterocycles. The molecule has 2 aromatic heterocycles. The van der Waals surface area contributed by atoms with E-state index in [9.17, 15) is 9.18 Å². The lowest BCUT2D eigenvalue weighted by Crippen LogP contribution is -2.16. The first-order valence-corrected chi connectivity index (χ1v) is 10.7. The summed E-state index contributed by atoms with van der Waals surface area (Å²) in [6.07, 6.45) is 7.60. The van der Waals surface area contributed by atoms with Gasteiger partial charge in [-0.1, -0.05) is 42.9 Å². The molecule has 0 saturated carbocycles. The second-order valence-electron chi connectivity index (χ2n) is 5.85. The van der Waals surface area contributed by atoms with E-state index in [4.69, 9.17) is 0 Å². The van der Waals surface area contributed by atoms with Crippen molar-refractivity contribution in [3.8, 4) is 5.69 Å². The first-order chi connectivity index (χ1) is 13.1. The second-order valence-corrected chi connectivity index (χ2v) is 7.69. The summed E-state index contributed by atoms with van der Waals surface area (Å²) in [5, 5.41) is 13.0. The van der Waals surface area contributed by atoms with E-state index in [2.05, 4.69) is 27.4 Å². The number of carbonyl (C=O) groups excluding carboxylic acids is 1. The summed E-state index contributed by atoms with van der Waals surface area (Å²) >= 11 is 2.79. The Morgan fingerprint density at radius 1 is 1.26 bits per heavy atom. The maximum atomic E-state index is 13.2. The molecule has 2 heterocycles. The Bertz CT molecular complexity index is 907. The monoisotopic (exact) mass is 405 g/mol. The molecule has 1 aromatic carbocycles. The minimum absolute atomic E-state index is 0.330. The molecule has 0 unspecified atom stereocenters. The van der Waals surface area contributed by atoms with Gasteiger partial charge in [0.25, 0.3) is 5.91 Å². The molecule has 0 spiro atoms. The number of unbranched alkanes of at least 4 members (excludes halogenated alkanes) is 2. The summed E-state index contributed by atoms with van der Waals surface area (Å²) < 4.78 is 14.9. The van der Waals surface area contributed by atoms with Gasteiger partial charge in [-0.3, -0.25) is 14.7 Å². The Morgan fingerprint density at radius 2 is 2.04 bits per heavy atom. The highest BCUT2D eigenvalue weighted by molar-refractivity contribution is 7.98. The third-order valence-corrected chi connectivity index (χ3v) is 5.46. The minimum atomic E-state index is -0.333.